The molecule has 1 aliphatic heterocycles. The molecule has 1 fully saturated rings. The molecule has 1 rings (SSSR count). The van der Waals surface area contributed by atoms with E-state index in [1.54, 1.807) is 18.0 Å². The maximum absolute atomic E-state index is 13.5. The van der Waals surface area contributed by atoms with Crippen LogP contribution in [-0.4, -0.2) is 70.4 Å². The fraction of sp³-hybridized carbons (Fsp3) is 0.792. The van der Waals surface area contributed by atoms with Crippen molar-refractivity contribution in [2.75, 3.05) is 13.6 Å². The maximum atomic E-state index is 13.5. The number of aliphatic carboxylic acids is 1. The van der Waals surface area contributed by atoms with Crippen LogP contribution in [0.4, 0.5) is 0 Å². The minimum atomic E-state index is -1.00. The van der Waals surface area contributed by atoms with Gasteiger partial charge in [0.25, 0.3) is 0 Å². The number of likely N-dealkylation sites (tertiary alicyclic amines) is 1. The first-order valence-electron chi connectivity index (χ1n) is 11.4. The molecule has 7 nitrogen and oxygen atoms in total. The van der Waals surface area contributed by atoms with Crippen LogP contribution in [0, 0.1) is 11.3 Å². The summed E-state index contributed by atoms with van der Waals surface area (Å²) in [4.78, 5) is 41.9. The normalized spacial score (nSPS) is 20.5. The molecule has 0 unspecified atom stereocenters. The minimum absolute atomic E-state index is 0.0225. The maximum Gasteiger partial charge on any atom is 0.331 e. The molecule has 1 aliphatic rings. The summed E-state index contributed by atoms with van der Waals surface area (Å²) in [6.07, 6.45) is 4.50. The molecule has 7 heteroatoms. The molecular weight excluding hydrogens is 394 g/mol. The summed E-state index contributed by atoms with van der Waals surface area (Å²) in [5, 5.41) is 12.3. The molecular formula is C24H43N3O4. The Kier molecular flexibility index (Phi) is 9.73. The summed E-state index contributed by atoms with van der Waals surface area (Å²) in [5.41, 5.74) is -0.296. The van der Waals surface area contributed by atoms with E-state index in [0.29, 0.717) is 0 Å². The number of likely N-dealkylation sites (N-methyl/N-ethyl adjacent to an activating group) is 1. The number of carbonyl (C=O) groups excluding carboxylic acids is 2. The van der Waals surface area contributed by atoms with Crippen LogP contribution in [0.25, 0.3) is 0 Å². The highest BCUT2D eigenvalue weighted by Crippen LogP contribution is 2.25. The predicted molar refractivity (Wildman–Crippen MR) is 124 cm³/mol. The van der Waals surface area contributed by atoms with Crippen LogP contribution < -0.4 is 5.32 Å². The van der Waals surface area contributed by atoms with Gasteiger partial charge in [0.05, 0.1) is 12.1 Å². The van der Waals surface area contributed by atoms with Gasteiger partial charge in [0.15, 0.2) is 0 Å². The zero-order valence-corrected chi connectivity index (χ0v) is 20.9. The number of piperidine rings is 1. The van der Waals surface area contributed by atoms with E-state index in [9.17, 15) is 19.5 Å². The molecule has 0 aromatic heterocycles. The third-order valence-electron chi connectivity index (χ3n) is 6.15. The summed E-state index contributed by atoms with van der Waals surface area (Å²) in [6, 6.07) is -1.06. The minimum Gasteiger partial charge on any atom is -0.478 e. The van der Waals surface area contributed by atoms with Gasteiger partial charge in [-0.05, 0) is 51.5 Å². The summed E-state index contributed by atoms with van der Waals surface area (Å²) in [5.74, 6) is -1.29. The number of nitrogens with zero attached hydrogens (tertiary/aromatic N) is 2. The van der Waals surface area contributed by atoms with Crippen molar-refractivity contribution in [3.05, 3.63) is 11.6 Å². The molecule has 0 spiro atoms. The summed E-state index contributed by atoms with van der Waals surface area (Å²) >= 11 is 0. The predicted octanol–water partition coefficient (Wildman–Crippen LogP) is 3.29. The van der Waals surface area contributed by atoms with E-state index in [1.807, 2.05) is 34.6 Å². The first-order valence-corrected chi connectivity index (χ1v) is 11.4. The molecule has 31 heavy (non-hydrogen) atoms. The largest absolute Gasteiger partial charge is 0.478 e. The Morgan fingerprint density at radius 1 is 1.13 bits per heavy atom. The first kappa shape index (κ1) is 27.1. The van der Waals surface area contributed by atoms with E-state index in [2.05, 4.69) is 24.1 Å². The molecule has 178 valence electrons. The zero-order chi connectivity index (χ0) is 24.1. The highest BCUT2D eigenvalue weighted by atomic mass is 16.4. The van der Waals surface area contributed by atoms with E-state index in [4.69, 9.17) is 0 Å². The molecule has 0 aromatic rings. The van der Waals surface area contributed by atoms with Crippen molar-refractivity contribution in [3.63, 3.8) is 0 Å². The number of carboxylic acid groups (broad SMARTS) is 1. The second kappa shape index (κ2) is 11.1. The Morgan fingerprint density at radius 2 is 1.71 bits per heavy atom. The highest BCUT2D eigenvalue weighted by molar-refractivity contribution is 5.91. The summed E-state index contributed by atoms with van der Waals surface area (Å²) in [6.45, 7) is 16.3. The van der Waals surface area contributed by atoms with Crippen molar-refractivity contribution in [2.24, 2.45) is 11.3 Å². The fourth-order valence-corrected chi connectivity index (χ4v) is 4.17. The third kappa shape index (κ3) is 7.34. The van der Waals surface area contributed by atoms with Crippen LogP contribution >= 0.6 is 0 Å². The number of hydrogen-bond acceptors (Lipinski definition) is 4. The Labute approximate surface area is 188 Å². The van der Waals surface area contributed by atoms with Crippen LogP contribution in [0.2, 0.25) is 0 Å². The van der Waals surface area contributed by atoms with Gasteiger partial charge in [0.1, 0.15) is 6.04 Å². The summed E-state index contributed by atoms with van der Waals surface area (Å²) in [7, 11) is 1.69. The van der Waals surface area contributed by atoms with Crippen molar-refractivity contribution >= 4 is 17.8 Å². The lowest BCUT2D eigenvalue weighted by molar-refractivity contribution is -0.142. The number of nitrogens with one attached hydrogen (secondary N) is 1. The molecule has 0 aliphatic carbocycles. The number of carbonyl (C=O) groups is 3. The second-order valence-corrected chi connectivity index (χ2v) is 10.5. The van der Waals surface area contributed by atoms with E-state index < -0.39 is 17.4 Å². The Morgan fingerprint density at radius 3 is 2.16 bits per heavy atom. The lowest BCUT2D eigenvalue weighted by atomic mass is 9.84. The van der Waals surface area contributed by atoms with Gasteiger partial charge in [0.2, 0.25) is 11.8 Å². The van der Waals surface area contributed by atoms with Gasteiger partial charge < -0.3 is 15.3 Å². The molecule has 0 saturated carbocycles. The van der Waals surface area contributed by atoms with Gasteiger partial charge in [-0.1, -0.05) is 47.1 Å². The average molecular weight is 438 g/mol. The van der Waals surface area contributed by atoms with Crippen molar-refractivity contribution < 1.29 is 19.5 Å². The standard InChI is InChI=1S/C24H43N3O4/c1-15(2)19(14-17(5)23(30)31)26(9)22(29)20(24(6,7)8)25-21(28)18-12-10-11-13-27(18)16(3)4/h14-16,18-20H,10-13H2,1-9H3,(H,25,28)(H,30,31)/t18-,19+,20-/m1/s1. The lowest BCUT2D eigenvalue weighted by Crippen LogP contribution is -2.60. The number of amides is 2. The van der Waals surface area contributed by atoms with Crippen molar-refractivity contribution in [1.29, 1.82) is 0 Å². The molecule has 0 aromatic carbocycles. The number of hydrogen-bond donors (Lipinski definition) is 2. The Hall–Kier alpha value is -1.89. The molecule has 2 amide bonds. The van der Waals surface area contributed by atoms with E-state index >= 15 is 0 Å². The highest BCUT2D eigenvalue weighted by Gasteiger charge is 2.39. The van der Waals surface area contributed by atoms with Crippen molar-refractivity contribution in [1.82, 2.24) is 15.1 Å². The van der Waals surface area contributed by atoms with Gasteiger partial charge in [-0.15, -0.1) is 0 Å². The van der Waals surface area contributed by atoms with E-state index in [1.165, 1.54) is 6.92 Å². The molecule has 3 atom stereocenters. The first-order chi connectivity index (χ1) is 14.2. The van der Waals surface area contributed by atoms with Crippen molar-refractivity contribution in [3.8, 4) is 0 Å². The van der Waals surface area contributed by atoms with Gasteiger partial charge in [-0.2, -0.15) is 0 Å². The van der Waals surface area contributed by atoms with E-state index in [0.717, 1.165) is 25.8 Å². The number of rotatable bonds is 8. The average Bonchev–Trinajstić information content (AvgIpc) is 2.67. The van der Waals surface area contributed by atoms with Gasteiger partial charge in [0, 0.05) is 18.7 Å². The fourth-order valence-electron chi connectivity index (χ4n) is 4.17. The smallest absolute Gasteiger partial charge is 0.331 e. The number of carboxylic acids is 1. The zero-order valence-electron chi connectivity index (χ0n) is 20.9. The molecule has 1 heterocycles. The molecule has 2 N–H and O–H groups in total. The van der Waals surface area contributed by atoms with E-state index in [-0.39, 0.29) is 41.4 Å². The quantitative estimate of drug-likeness (QED) is 0.569. The van der Waals surface area contributed by atoms with Gasteiger partial charge in [-0.3, -0.25) is 14.5 Å². The van der Waals surface area contributed by atoms with Crippen LogP contribution in [0.3, 0.4) is 0 Å². The monoisotopic (exact) mass is 437 g/mol. The van der Waals surface area contributed by atoms with Crippen LogP contribution in [0.5, 0.6) is 0 Å². The topological polar surface area (TPSA) is 90.0 Å². The van der Waals surface area contributed by atoms with Gasteiger partial charge in [-0.25, -0.2) is 4.79 Å². The summed E-state index contributed by atoms with van der Waals surface area (Å²) < 4.78 is 0. The van der Waals surface area contributed by atoms with Crippen LogP contribution in [0.1, 0.15) is 74.7 Å². The lowest BCUT2D eigenvalue weighted by Gasteiger charge is -2.41. The van der Waals surface area contributed by atoms with Gasteiger partial charge >= 0.3 is 5.97 Å². The SMILES string of the molecule is CC(=C[C@@H](C(C)C)N(C)C(=O)[C@@H](NC(=O)[C@H]1CCCCN1C(C)C)C(C)(C)C)C(=O)O. The van der Waals surface area contributed by atoms with Crippen LogP contribution in [-0.2, 0) is 14.4 Å². The van der Waals surface area contributed by atoms with Crippen LogP contribution in [0.15, 0.2) is 11.6 Å². The molecule has 0 bridgehead atoms. The molecule has 0 radical (unpaired) electrons. The third-order valence-corrected chi connectivity index (χ3v) is 6.15. The Bertz CT molecular complexity index is 679. The Balaban J connectivity index is 3.15. The second-order valence-electron chi connectivity index (χ2n) is 10.5. The molecule has 1 saturated heterocycles. The van der Waals surface area contributed by atoms with Crippen molar-refractivity contribution in [2.45, 2.75) is 98.8 Å².